The van der Waals surface area contributed by atoms with Crippen molar-refractivity contribution in [1.82, 2.24) is 19.7 Å². The summed E-state index contributed by atoms with van der Waals surface area (Å²) in [6.45, 7) is 2.35. The molecule has 1 fully saturated rings. The van der Waals surface area contributed by atoms with Gasteiger partial charge in [0.1, 0.15) is 5.70 Å². The van der Waals surface area contributed by atoms with Crippen LogP contribution in [0.2, 0.25) is 0 Å². The Hall–Kier alpha value is -3.38. The second kappa shape index (κ2) is 8.87. The molecule has 1 aromatic heterocycles. The fourth-order valence-electron chi connectivity index (χ4n) is 5.09. The Morgan fingerprint density at radius 2 is 1.67 bits per heavy atom. The summed E-state index contributed by atoms with van der Waals surface area (Å²) in [5.41, 5.74) is 4.06. The number of carbonyl (C=O) groups is 2. The van der Waals surface area contributed by atoms with E-state index in [1.165, 1.54) is 4.90 Å². The maximum Gasteiger partial charge on any atom is 0.277 e. The highest BCUT2D eigenvalue weighted by Gasteiger charge is 2.42. The van der Waals surface area contributed by atoms with Crippen LogP contribution >= 0.6 is 0 Å². The van der Waals surface area contributed by atoms with E-state index < -0.39 is 0 Å². The van der Waals surface area contributed by atoms with Gasteiger partial charge in [0.2, 0.25) is 0 Å². The van der Waals surface area contributed by atoms with E-state index in [9.17, 15) is 9.59 Å². The van der Waals surface area contributed by atoms with E-state index in [4.69, 9.17) is 0 Å². The number of hydrogen-bond acceptors (Lipinski definition) is 4. The molecule has 0 radical (unpaired) electrons. The molecule has 2 amide bonds. The van der Waals surface area contributed by atoms with Crippen molar-refractivity contribution in [2.24, 2.45) is 0 Å². The van der Waals surface area contributed by atoms with Crippen LogP contribution in [0.1, 0.15) is 24.0 Å². The molecule has 2 aromatic carbocycles. The van der Waals surface area contributed by atoms with Crippen molar-refractivity contribution < 1.29 is 9.59 Å². The lowest BCUT2D eigenvalue weighted by Crippen LogP contribution is -2.43. The zero-order chi connectivity index (χ0) is 22.9. The molecule has 0 atom stereocenters. The van der Waals surface area contributed by atoms with Crippen LogP contribution in [0.5, 0.6) is 0 Å². The van der Waals surface area contributed by atoms with Crippen molar-refractivity contribution in [3.05, 3.63) is 77.6 Å². The number of fused-ring (bicyclic) bond motifs is 1. The molecule has 33 heavy (non-hydrogen) atoms. The number of nitrogens with zero attached hydrogens (tertiary/aromatic N) is 3. The van der Waals surface area contributed by atoms with Gasteiger partial charge in [0.25, 0.3) is 11.8 Å². The van der Waals surface area contributed by atoms with Gasteiger partial charge < -0.3 is 14.8 Å². The Morgan fingerprint density at radius 3 is 2.42 bits per heavy atom. The molecule has 0 bridgehead atoms. The van der Waals surface area contributed by atoms with Crippen LogP contribution in [-0.2, 0) is 16.0 Å². The summed E-state index contributed by atoms with van der Waals surface area (Å²) in [5, 5.41) is 1.14. The summed E-state index contributed by atoms with van der Waals surface area (Å²) in [6.07, 6.45) is 4.56. The van der Waals surface area contributed by atoms with Gasteiger partial charge in [-0.1, -0.05) is 48.5 Å². The van der Waals surface area contributed by atoms with Crippen molar-refractivity contribution in [2.75, 3.05) is 33.7 Å². The molecule has 170 valence electrons. The van der Waals surface area contributed by atoms with Crippen molar-refractivity contribution in [3.8, 4) is 0 Å². The van der Waals surface area contributed by atoms with Crippen LogP contribution in [0.25, 0.3) is 16.5 Å². The van der Waals surface area contributed by atoms with E-state index in [2.05, 4.69) is 27.9 Å². The van der Waals surface area contributed by atoms with Crippen LogP contribution in [0, 0.1) is 0 Å². The molecular formula is C27H30N4O2. The lowest BCUT2D eigenvalue weighted by Gasteiger charge is -2.36. The number of imide groups is 1. The van der Waals surface area contributed by atoms with Gasteiger partial charge in [-0.25, -0.2) is 0 Å². The fraction of sp³-hybridized carbons (Fsp3) is 0.333. The molecule has 1 N–H and O–H groups in total. The number of carbonyl (C=O) groups excluding carboxylic acids is 2. The van der Waals surface area contributed by atoms with Crippen LogP contribution < -0.4 is 0 Å². The third-order valence-corrected chi connectivity index (χ3v) is 7.07. The van der Waals surface area contributed by atoms with Gasteiger partial charge >= 0.3 is 0 Å². The number of likely N-dealkylation sites (N-methyl/N-ethyl adjacent to an activating group) is 1. The fourth-order valence-corrected chi connectivity index (χ4v) is 5.09. The predicted octanol–water partition coefficient (Wildman–Crippen LogP) is 3.52. The number of amides is 2. The average Bonchev–Trinajstić information content (AvgIpc) is 3.36. The topological polar surface area (TPSA) is 59.6 Å². The highest BCUT2D eigenvalue weighted by Crippen LogP contribution is 2.33. The summed E-state index contributed by atoms with van der Waals surface area (Å²) in [4.78, 5) is 36.4. The van der Waals surface area contributed by atoms with E-state index in [0.717, 1.165) is 48.0 Å². The molecule has 5 rings (SSSR count). The second-order valence-electron chi connectivity index (χ2n) is 9.11. The third kappa shape index (κ3) is 3.95. The number of piperidine rings is 1. The normalized spacial score (nSPS) is 18.1. The number of hydrogen-bond donors (Lipinski definition) is 1. The molecule has 2 aliphatic rings. The van der Waals surface area contributed by atoms with E-state index in [1.807, 2.05) is 61.8 Å². The lowest BCUT2D eigenvalue weighted by molar-refractivity contribution is -0.137. The monoisotopic (exact) mass is 442 g/mol. The Kier molecular flexibility index (Phi) is 5.77. The van der Waals surface area contributed by atoms with E-state index in [0.29, 0.717) is 24.2 Å². The minimum atomic E-state index is -0.194. The van der Waals surface area contributed by atoms with E-state index >= 15 is 0 Å². The van der Waals surface area contributed by atoms with Crippen LogP contribution in [0.4, 0.5) is 0 Å². The van der Waals surface area contributed by atoms with Crippen molar-refractivity contribution in [1.29, 1.82) is 0 Å². The maximum atomic E-state index is 13.7. The molecule has 2 aliphatic heterocycles. The first kappa shape index (κ1) is 21.5. The van der Waals surface area contributed by atoms with Crippen molar-refractivity contribution >= 4 is 28.3 Å². The van der Waals surface area contributed by atoms with Crippen LogP contribution in [0.3, 0.4) is 0 Å². The number of likely N-dealkylation sites (tertiary alicyclic amines) is 1. The van der Waals surface area contributed by atoms with Crippen LogP contribution in [-0.4, -0.2) is 71.3 Å². The van der Waals surface area contributed by atoms with Gasteiger partial charge in [-0.05, 0) is 56.6 Å². The first-order valence-corrected chi connectivity index (χ1v) is 11.7. The molecular weight excluding hydrogens is 412 g/mol. The Bertz CT molecular complexity index is 1210. The van der Waals surface area contributed by atoms with Crippen molar-refractivity contribution in [3.63, 3.8) is 0 Å². The number of nitrogens with one attached hydrogen (secondary N) is 1. The van der Waals surface area contributed by atoms with E-state index in [1.54, 1.807) is 0 Å². The largest absolute Gasteiger partial charge is 0.366 e. The summed E-state index contributed by atoms with van der Waals surface area (Å²) >= 11 is 0. The Labute approximate surface area is 194 Å². The van der Waals surface area contributed by atoms with E-state index in [-0.39, 0.29) is 17.9 Å². The first-order valence-electron chi connectivity index (χ1n) is 11.7. The van der Waals surface area contributed by atoms with Gasteiger partial charge in [-0.15, -0.1) is 0 Å². The maximum absolute atomic E-state index is 13.7. The molecule has 1 saturated heterocycles. The average molecular weight is 443 g/mol. The first-order chi connectivity index (χ1) is 16.0. The van der Waals surface area contributed by atoms with Crippen molar-refractivity contribution in [2.45, 2.75) is 25.3 Å². The standard InChI is InChI=1S/C27H30N4O2/c1-29-15-13-21(14-16-29)30(2)25-24(19-8-4-3-5-9-19)26(32)31(27(25)33)17-12-20-18-28-23-11-7-6-10-22(20)23/h3-11,18,21,28H,12-17H2,1-2H3. The zero-order valence-corrected chi connectivity index (χ0v) is 19.3. The van der Waals surface area contributed by atoms with Gasteiger partial charge in [0.15, 0.2) is 0 Å². The van der Waals surface area contributed by atoms with Gasteiger partial charge in [-0.2, -0.15) is 0 Å². The molecule has 6 nitrogen and oxygen atoms in total. The summed E-state index contributed by atoms with van der Waals surface area (Å²) in [7, 11) is 4.10. The highest BCUT2D eigenvalue weighted by molar-refractivity contribution is 6.35. The Morgan fingerprint density at radius 1 is 0.970 bits per heavy atom. The number of aromatic nitrogens is 1. The quantitative estimate of drug-likeness (QED) is 0.594. The minimum Gasteiger partial charge on any atom is -0.366 e. The molecule has 6 heteroatoms. The molecule has 0 saturated carbocycles. The van der Waals surface area contributed by atoms with Crippen LogP contribution in [0.15, 0.2) is 66.5 Å². The number of aromatic amines is 1. The lowest BCUT2D eigenvalue weighted by atomic mass is 10.0. The summed E-state index contributed by atoms with van der Waals surface area (Å²) < 4.78 is 0. The SMILES string of the molecule is CN1CCC(N(C)C2=C(c3ccccc3)C(=O)N(CCc3c[nH]c4ccccc34)C2=O)CC1. The molecule has 0 aliphatic carbocycles. The number of benzene rings is 2. The zero-order valence-electron chi connectivity index (χ0n) is 19.3. The van der Waals surface area contributed by atoms with Gasteiger partial charge in [-0.3, -0.25) is 14.5 Å². The Balaban J connectivity index is 1.44. The molecule has 0 spiro atoms. The second-order valence-corrected chi connectivity index (χ2v) is 9.11. The minimum absolute atomic E-state index is 0.180. The third-order valence-electron chi connectivity index (χ3n) is 7.07. The smallest absolute Gasteiger partial charge is 0.277 e. The number of para-hydroxylation sites is 1. The van der Waals surface area contributed by atoms with Gasteiger partial charge in [0.05, 0.1) is 5.57 Å². The predicted molar refractivity (Wildman–Crippen MR) is 130 cm³/mol. The number of H-pyrrole nitrogens is 1. The summed E-state index contributed by atoms with van der Waals surface area (Å²) in [6, 6.07) is 18.0. The van der Waals surface area contributed by atoms with Gasteiger partial charge in [0, 0.05) is 36.7 Å². The number of rotatable bonds is 6. The molecule has 0 unspecified atom stereocenters. The highest BCUT2D eigenvalue weighted by atomic mass is 16.2. The summed E-state index contributed by atoms with van der Waals surface area (Å²) in [5.74, 6) is -0.374. The molecule has 3 aromatic rings. The molecule has 3 heterocycles.